The van der Waals surface area contributed by atoms with Crippen LogP contribution in [0.15, 0.2) is 18.3 Å². The van der Waals surface area contributed by atoms with Crippen LogP contribution in [-0.4, -0.2) is 18.1 Å². The van der Waals surface area contributed by atoms with Crippen LogP contribution in [0.25, 0.3) is 0 Å². The fourth-order valence-corrected chi connectivity index (χ4v) is 1.89. The minimum absolute atomic E-state index is 0.317. The highest BCUT2D eigenvalue weighted by Gasteiger charge is 2.35. The molecule has 2 heterocycles. The third-order valence-electron chi connectivity index (χ3n) is 2.72. The van der Waals surface area contributed by atoms with Gasteiger partial charge in [0.1, 0.15) is 11.5 Å². The first-order chi connectivity index (χ1) is 6.72. The summed E-state index contributed by atoms with van der Waals surface area (Å²) in [5.41, 5.74) is 4.92. The number of nitrogens with one attached hydrogen (secondary N) is 1. The predicted molar refractivity (Wildman–Crippen MR) is 53.5 cm³/mol. The standard InChI is InChI=1S/C10H14FN3/c11-10(3-6-13-7-4-10)8-2-1-5-14-9(8)12/h1-2,5,13H,3-4,6-7H2,(H2,12,14). The molecule has 1 aromatic heterocycles. The highest BCUT2D eigenvalue weighted by atomic mass is 19.1. The second-order valence-corrected chi connectivity index (χ2v) is 3.65. The van der Waals surface area contributed by atoms with E-state index >= 15 is 0 Å². The molecule has 3 N–H and O–H groups in total. The minimum Gasteiger partial charge on any atom is -0.383 e. The van der Waals surface area contributed by atoms with Crippen LogP contribution < -0.4 is 11.1 Å². The van der Waals surface area contributed by atoms with Gasteiger partial charge >= 0.3 is 0 Å². The Morgan fingerprint density at radius 1 is 1.43 bits per heavy atom. The molecule has 1 aliphatic heterocycles. The number of alkyl halides is 1. The number of hydrogen-bond acceptors (Lipinski definition) is 3. The summed E-state index contributed by atoms with van der Waals surface area (Å²) < 4.78 is 14.4. The van der Waals surface area contributed by atoms with Gasteiger partial charge in [0.2, 0.25) is 0 Å². The van der Waals surface area contributed by atoms with Crippen molar-refractivity contribution in [3.63, 3.8) is 0 Å². The van der Waals surface area contributed by atoms with Crippen LogP contribution in [0.4, 0.5) is 10.2 Å². The van der Waals surface area contributed by atoms with E-state index in [0.717, 1.165) is 0 Å². The number of halogens is 1. The second kappa shape index (κ2) is 3.53. The topological polar surface area (TPSA) is 50.9 Å². The number of nitrogen functional groups attached to an aromatic ring is 1. The minimum atomic E-state index is -1.29. The molecule has 76 valence electrons. The Morgan fingerprint density at radius 3 is 2.79 bits per heavy atom. The smallest absolute Gasteiger partial charge is 0.142 e. The third kappa shape index (κ3) is 1.57. The van der Waals surface area contributed by atoms with Crippen molar-refractivity contribution in [2.24, 2.45) is 0 Å². The van der Waals surface area contributed by atoms with E-state index in [1.165, 1.54) is 0 Å². The number of aromatic nitrogens is 1. The van der Waals surface area contributed by atoms with E-state index < -0.39 is 5.67 Å². The molecule has 2 rings (SSSR count). The van der Waals surface area contributed by atoms with E-state index in [4.69, 9.17) is 5.73 Å². The lowest BCUT2D eigenvalue weighted by Gasteiger charge is -2.30. The number of hydrogen-bond donors (Lipinski definition) is 2. The first-order valence-electron chi connectivity index (χ1n) is 4.83. The second-order valence-electron chi connectivity index (χ2n) is 3.65. The molecule has 0 saturated carbocycles. The lowest BCUT2D eigenvalue weighted by atomic mass is 9.87. The van der Waals surface area contributed by atoms with Gasteiger partial charge in [0.05, 0.1) is 0 Å². The molecule has 14 heavy (non-hydrogen) atoms. The molecule has 0 aromatic carbocycles. The number of rotatable bonds is 1. The Morgan fingerprint density at radius 2 is 2.14 bits per heavy atom. The summed E-state index contributed by atoms with van der Waals surface area (Å²) >= 11 is 0. The molecule has 1 fully saturated rings. The zero-order chi connectivity index (χ0) is 10.0. The Kier molecular flexibility index (Phi) is 2.37. The summed E-state index contributed by atoms with van der Waals surface area (Å²) in [4.78, 5) is 3.92. The number of piperidine rings is 1. The molecular weight excluding hydrogens is 181 g/mol. The van der Waals surface area contributed by atoms with E-state index in [-0.39, 0.29) is 0 Å². The van der Waals surface area contributed by atoms with Gasteiger partial charge in [-0.1, -0.05) is 6.07 Å². The lowest BCUT2D eigenvalue weighted by molar-refractivity contribution is 0.116. The number of nitrogens with zero attached hydrogens (tertiary/aromatic N) is 1. The average Bonchev–Trinajstić information content (AvgIpc) is 2.19. The summed E-state index contributed by atoms with van der Waals surface area (Å²) in [6.07, 6.45) is 2.54. The Bertz CT molecular complexity index is 321. The normalized spacial score (nSPS) is 20.6. The zero-order valence-corrected chi connectivity index (χ0v) is 7.96. The fraction of sp³-hybridized carbons (Fsp3) is 0.500. The van der Waals surface area contributed by atoms with Crippen molar-refractivity contribution in [3.8, 4) is 0 Å². The molecule has 1 saturated heterocycles. The number of nitrogens with two attached hydrogens (primary N) is 1. The van der Waals surface area contributed by atoms with Crippen molar-refractivity contribution >= 4 is 5.82 Å². The van der Waals surface area contributed by atoms with Crippen LogP contribution in [0.2, 0.25) is 0 Å². The first-order valence-corrected chi connectivity index (χ1v) is 4.83. The Hall–Kier alpha value is -1.16. The van der Waals surface area contributed by atoms with E-state index in [1.807, 2.05) is 0 Å². The monoisotopic (exact) mass is 195 g/mol. The molecule has 0 amide bonds. The van der Waals surface area contributed by atoms with Gasteiger partial charge in [-0.05, 0) is 32.0 Å². The van der Waals surface area contributed by atoms with Crippen molar-refractivity contribution in [1.29, 1.82) is 0 Å². The van der Waals surface area contributed by atoms with Crippen LogP contribution >= 0.6 is 0 Å². The van der Waals surface area contributed by atoms with Gasteiger partial charge in [-0.2, -0.15) is 0 Å². The maximum Gasteiger partial charge on any atom is 0.142 e. The van der Waals surface area contributed by atoms with Crippen LogP contribution in [0, 0.1) is 0 Å². The van der Waals surface area contributed by atoms with Crippen molar-refractivity contribution < 1.29 is 4.39 Å². The summed E-state index contributed by atoms with van der Waals surface area (Å²) in [5.74, 6) is 0.317. The Labute approximate surface area is 82.5 Å². The van der Waals surface area contributed by atoms with Crippen LogP contribution in [0.5, 0.6) is 0 Å². The highest BCUT2D eigenvalue weighted by molar-refractivity contribution is 5.43. The SMILES string of the molecule is Nc1ncccc1C1(F)CCNCC1. The fourth-order valence-electron chi connectivity index (χ4n) is 1.89. The molecule has 1 aliphatic rings. The molecule has 0 spiro atoms. The van der Waals surface area contributed by atoms with E-state index in [2.05, 4.69) is 10.3 Å². The summed E-state index contributed by atoms with van der Waals surface area (Å²) in [5, 5.41) is 3.13. The largest absolute Gasteiger partial charge is 0.383 e. The van der Waals surface area contributed by atoms with Gasteiger partial charge in [0.15, 0.2) is 0 Å². The first kappa shape index (κ1) is 9.40. The molecule has 1 aromatic rings. The van der Waals surface area contributed by atoms with Gasteiger partial charge in [0, 0.05) is 11.8 Å². The Balaban J connectivity index is 2.32. The zero-order valence-electron chi connectivity index (χ0n) is 7.96. The molecule has 4 heteroatoms. The van der Waals surface area contributed by atoms with E-state index in [1.54, 1.807) is 18.3 Å². The van der Waals surface area contributed by atoms with Gasteiger partial charge in [-0.3, -0.25) is 0 Å². The lowest BCUT2D eigenvalue weighted by Crippen LogP contribution is -2.37. The molecule has 0 unspecified atom stereocenters. The average molecular weight is 195 g/mol. The van der Waals surface area contributed by atoms with Crippen molar-refractivity contribution in [3.05, 3.63) is 23.9 Å². The summed E-state index contributed by atoms with van der Waals surface area (Å²) in [7, 11) is 0. The van der Waals surface area contributed by atoms with Gasteiger partial charge in [-0.25, -0.2) is 9.37 Å². The quantitative estimate of drug-likeness (QED) is 0.708. The van der Waals surface area contributed by atoms with E-state index in [9.17, 15) is 4.39 Å². The summed E-state index contributed by atoms with van der Waals surface area (Å²) in [6.45, 7) is 1.40. The molecule has 0 aliphatic carbocycles. The van der Waals surface area contributed by atoms with Gasteiger partial charge in [0.25, 0.3) is 0 Å². The molecular formula is C10H14FN3. The molecule has 3 nitrogen and oxygen atoms in total. The molecule has 0 radical (unpaired) electrons. The third-order valence-corrected chi connectivity index (χ3v) is 2.72. The van der Waals surface area contributed by atoms with Crippen LogP contribution in [0.1, 0.15) is 18.4 Å². The van der Waals surface area contributed by atoms with Gasteiger partial charge < -0.3 is 11.1 Å². The predicted octanol–water partition coefficient (Wildman–Crippen LogP) is 1.21. The highest BCUT2D eigenvalue weighted by Crippen LogP contribution is 2.36. The van der Waals surface area contributed by atoms with Crippen molar-refractivity contribution in [1.82, 2.24) is 10.3 Å². The summed E-state index contributed by atoms with van der Waals surface area (Å²) in [6, 6.07) is 3.46. The molecule has 0 bridgehead atoms. The number of anilines is 1. The maximum absolute atomic E-state index is 14.4. The van der Waals surface area contributed by atoms with Crippen LogP contribution in [0.3, 0.4) is 0 Å². The van der Waals surface area contributed by atoms with Crippen molar-refractivity contribution in [2.75, 3.05) is 18.8 Å². The molecule has 0 atom stereocenters. The van der Waals surface area contributed by atoms with Gasteiger partial charge in [-0.15, -0.1) is 0 Å². The van der Waals surface area contributed by atoms with Crippen molar-refractivity contribution in [2.45, 2.75) is 18.5 Å². The van der Waals surface area contributed by atoms with Crippen LogP contribution in [-0.2, 0) is 5.67 Å². The maximum atomic E-state index is 14.4. The van der Waals surface area contributed by atoms with E-state index in [0.29, 0.717) is 37.3 Å². The number of pyridine rings is 1.